The number of hydrogen-bond donors (Lipinski definition) is 5. The molecule has 0 heterocycles. The van der Waals surface area contributed by atoms with Gasteiger partial charge in [-0.3, -0.25) is 9.59 Å². The third-order valence-corrected chi connectivity index (χ3v) is 12.0. The molecule has 0 radical (unpaired) electrons. The summed E-state index contributed by atoms with van der Waals surface area (Å²) in [6.07, 6.45) is 16.6. The van der Waals surface area contributed by atoms with Crippen molar-refractivity contribution < 1.29 is 123 Å². The number of hydrogen-bond acceptors (Lipinski definition) is 13. The van der Waals surface area contributed by atoms with Gasteiger partial charge in [-0.1, -0.05) is 90.2 Å². The van der Waals surface area contributed by atoms with Crippen LogP contribution in [-0.2, 0) is 38.2 Å². The minimum atomic E-state index is -0.770. The van der Waals surface area contributed by atoms with Gasteiger partial charge in [0.15, 0.2) is 0 Å². The van der Waals surface area contributed by atoms with E-state index in [0.717, 1.165) is 44.1 Å². The van der Waals surface area contributed by atoms with Gasteiger partial charge in [0.1, 0.15) is 12.2 Å². The molecule has 0 aromatic rings. The Kier molecular flexibility index (Phi) is 33.3. The number of esters is 2. The van der Waals surface area contributed by atoms with E-state index >= 15 is 0 Å². The summed E-state index contributed by atoms with van der Waals surface area (Å²) < 4.78 is 11.8. The molecule has 4 aliphatic rings. The molecule has 13 nitrogen and oxygen atoms in total. The predicted molar refractivity (Wildman–Crippen MR) is 218 cm³/mol. The van der Waals surface area contributed by atoms with Crippen LogP contribution in [0, 0.1) is 61.2 Å². The smallest absolute Gasteiger partial charge is 0.461 e. The van der Waals surface area contributed by atoms with E-state index in [1.807, 2.05) is 39.8 Å². The first-order valence-electron chi connectivity index (χ1n) is 21.1. The second kappa shape index (κ2) is 33.0. The van der Waals surface area contributed by atoms with Gasteiger partial charge < -0.3 is 48.9 Å². The molecule has 0 aromatic heterocycles. The molecule has 4 aliphatic carbocycles. The van der Waals surface area contributed by atoms with Crippen molar-refractivity contribution in [1.82, 2.24) is 0 Å². The minimum absolute atomic E-state index is 0. The van der Waals surface area contributed by atoms with Crippen LogP contribution >= 0.6 is 0 Å². The first kappa shape index (κ1) is 61.5. The predicted octanol–water partition coefficient (Wildman–Crippen LogP) is -0.530. The molecule has 5 N–H and O–H groups in total. The van der Waals surface area contributed by atoms with Crippen LogP contribution < -0.4 is 59.1 Å². The normalized spacial score (nSPS) is 28.6. The van der Waals surface area contributed by atoms with Crippen molar-refractivity contribution in [3.8, 4) is 0 Å². The zero-order chi connectivity index (χ0) is 44.8. The zero-order valence-corrected chi connectivity index (χ0v) is 41.8. The van der Waals surface area contributed by atoms with Crippen molar-refractivity contribution in [2.75, 3.05) is 0 Å². The number of rotatable bonds is 16. The number of aliphatic hydroxyl groups excluding tert-OH is 5. The van der Waals surface area contributed by atoms with Gasteiger partial charge in [-0.25, -0.2) is 0 Å². The largest absolute Gasteiger partial charge is 1.00 e. The Bertz CT molecular complexity index is 1450. The summed E-state index contributed by atoms with van der Waals surface area (Å²) in [6.45, 7) is 19.1. The first-order valence-corrected chi connectivity index (χ1v) is 21.1. The Labute approximate surface area is 407 Å². The third kappa shape index (κ3) is 21.8. The molecule has 61 heavy (non-hydrogen) atoms. The van der Waals surface area contributed by atoms with Crippen molar-refractivity contribution >= 4 is 24.2 Å². The maximum Gasteiger partial charge on any atom is 1.00 e. The molecule has 0 amide bonds. The Morgan fingerprint density at radius 1 is 0.738 bits per heavy atom. The van der Waals surface area contributed by atoms with Crippen LogP contribution in [0.5, 0.6) is 0 Å². The van der Waals surface area contributed by atoms with E-state index in [9.17, 15) is 35.1 Å². The third-order valence-electron chi connectivity index (χ3n) is 12.0. The van der Waals surface area contributed by atoms with Crippen molar-refractivity contribution in [2.45, 2.75) is 155 Å². The quantitative estimate of drug-likeness (QED) is 0.0749. The fourth-order valence-electron chi connectivity index (χ4n) is 8.44. The average Bonchev–Trinajstić information content (AvgIpc) is 3.16. The first-order chi connectivity index (χ1) is 27.9. The summed E-state index contributed by atoms with van der Waals surface area (Å²) in [5, 5.41) is 49.2. The van der Waals surface area contributed by atoms with Gasteiger partial charge in [0, 0.05) is 18.3 Å². The van der Waals surface area contributed by atoms with Crippen LogP contribution in [0.2, 0.25) is 0 Å². The van der Waals surface area contributed by atoms with Crippen LogP contribution in [0.1, 0.15) is 112 Å². The zero-order valence-electron chi connectivity index (χ0n) is 37.8. The maximum atomic E-state index is 12.4. The molecule has 0 aromatic carbocycles. The molecule has 0 saturated heterocycles. The Morgan fingerprint density at radius 3 is 1.54 bits per heavy atom. The molecule has 6 unspecified atom stereocenters. The standard InChI is InChI=1S/C22H35O5.C22H35O4.2CO2.2Na/c1-5-13(2)22(26)27-20-12-18(25)11-16-7-6-14(3)19(21(16)20)9-8-17(24)10-15(4)23;1-5-14(2)22(25)26-20-8-6-7-17-10-9-15(3)19(21(17)20)12-11-18(24)13-16(4)23;2*2-1-3;;/h6-7,11,13-15,17-21,23-25H,4-5,8-10,12H2,1-3H3;7,9-10,14-16,18-21,23-24H,4-6,8,11-13H2,1-3H3;;;;/q2*-1;;;2*+1/t13-,14-,15?,17?,18+,19-,20?,21-;14-,15-,16?,18?,19-,20?,21-;;;;/m00..../s1. The number of fused-ring (bicyclic) bond motifs is 2. The van der Waals surface area contributed by atoms with E-state index in [-0.39, 0.29) is 137 Å². The molecule has 15 heteroatoms. The molecule has 4 rings (SSSR count). The van der Waals surface area contributed by atoms with Crippen LogP contribution in [0.3, 0.4) is 0 Å². The van der Waals surface area contributed by atoms with Crippen molar-refractivity contribution in [2.24, 2.45) is 47.3 Å². The summed E-state index contributed by atoms with van der Waals surface area (Å²) in [4.78, 5) is 57.2. The second-order valence-electron chi connectivity index (χ2n) is 16.5. The molecule has 0 bridgehead atoms. The van der Waals surface area contributed by atoms with Gasteiger partial charge in [-0.05, 0) is 99.0 Å². The fourth-order valence-corrected chi connectivity index (χ4v) is 8.44. The Morgan fingerprint density at radius 2 is 1.13 bits per heavy atom. The van der Waals surface area contributed by atoms with Gasteiger partial charge in [0.2, 0.25) is 0 Å². The molecule has 0 saturated carbocycles. The Balaban J connectivity index is 0. The molecule has 0 aliphatic heterocycles. The van der Waals surface area contributed by atoms with Crippen LogP contribution in [0.15, 0.2) is 47.6 Å². The summed E-state index contributed by atoms with van der Waals surface area (Å²) in [7, 11) is 0. The van der Waals surface area contributed by atoms with Gasteiger partial charge >= 0.3 is 83.4 Å². The van der Waals surface area contributed by atoms with E-state index in [1.54, 1.807) is 0 Å². The van der Waals surface area contributed by atoms with Crippen LogP contribution in [0.25, 0.3) is 0 Å². The summed E-state index contributed by atoms with van der Waals surface area (Å²) in [5.74, 6) is 0.884. The van der Waals surface area contributed by atoms with E-state index in [2.05, 4.69) is 52.0 Å². The topological polar surface area (TPSA) is 222 Å². The second-order valence-corrected chi connectivity index (χ2v) is 16.5. The number of carbonyl (C=O) groups excluding carboxylic acids is 6. The molecular formula is C46H70Na2O13. The number of carbonyl (C=O) groups is 2. The Hall–Kier alpha value is -1.54. The van der Waals surface area contributed by atoms with Crippen LogP contribution in [-0.4, -0.2) is 92.5 Å². The molecule has 15 atom stereocenters. The van der Waals surface area contributed by atoms with Gasteiger partial charge in [0.25, 0.3) is 0 Å². The fraction of sp³-hybridized carbons (Fsp3) is 0.696. The molecular weight excluding hydrogens is 806 g/mol. The van der Waals surface area contributed by atoms with E-state index in [0.29, 0.717) is 37.5 Å². The van der Waals surface area contributed by atoms with Gasteiger partial charge in [-0.15, -0.1) is 0 Å². The van der Waals surface area contributed by atoms with Crippen molar-refractivity contribution in [1.29, 1.82) is 0 Å². The molecule has 0 spiro atoms. The van der Waals surface area contributed by atoms with Gasteiger partial charge in [-0.2, -0.15) is 19.2 Å². The molecule has 0 fully saturated rings. The number of allylic oxidation sites excluding steroid dienone is 5. The number of aliphatic hydroxyl groups is 5. The monoisotopic (exact) mass is 876 g/mol. The summed E-state index contributed by atoms with van der Waals surface area (Å²) >= 11 is 0. The van der Waals surface area contributed by atoms with E-state index in [4.69, 9.17) is 28.7 Å². The summed E-state index contributed by atoms with van der Waals surface area (Å²) in [6, 6.07) is 0. The minimum Gasteiger partial charge on any atom is -0.461 e. The van der Waals surface area contributed by atoms with Crippen LogP contribution in [0.4, 0.5) is 0 Å². The molecule has 334 valence electrons. The van der Waals surface area contributed by atoms with E-state index < -0.39 is 30.5 Å². The van der Waals surface area contributed by atoms with Crippen molar-refractivity contribution in [3.63, 3.8) is 0 Å². The van der Waals surface area contributed by atoms with E-state index in [1.165, 1.54) is 5.57 Å². The number of ether oxygens (including phenoxy) is 2. The van der Waals surface area contributed by atoms with Crippen molar-refractivity contribution in [3.05, 3.63) is 61.4 Å². The average molecular weight is 877 g/mol. The SMILES string of the molecule is O=C=O.O=C=O.[CH2-]C(O)CC(O)CC[C@@H]1[C@@H]2C(=CCCC2OC(=O)[C@@H](C)CC)C=C[C@@H]1C.[CH2-]C(O)CC(O)CC[C@@H]1[C@@H]2C(=C[C@@H](O)CC2OC(=O)[C@@H](C)CC)C=C[C@@H]1C.[Na+].[Na+]. The summed E-state index contributed by atoms with van der Waals surface area (Å²) in [5.41, 5.74) is 2.29. The van der Waals surface area contributed by atoms with Gasteiger partial charge in [0.05, 0.1) is 30.1 Å². The maximum absolute atomic E-state index is 12.4.